The van der Waals surface area contributed by atoms with Crippen molar-refractivity contribution in [1.29, 1.82) is 0 Å². The zero-order valence-electron chi connectivity index (χ0n) is 8.38. The number of hydrogen-bond acceptors (Lipinski definition) is 5. The van der Waals surface area contributed by atoms with Gasteiger partial charge >= 0.3 is 0 Å². The molecule has 2 N–H and O–H groups in total. The van der Waals surface area contributed by atoms with Crippen LogP contribution in [0.15, 0.2) is 18.6 Å². The molecule has 2 rings (SSSR count). The van der Waals surface area contributed by atoms with Gasteiger partial charge in [-0.05, 0) is 6.42 Å². The Kier molecular flexibility index (Phi) is 2.86. The fourth-order valence-corrected chi connectivity index (χ4v) is 1.72. The molecule has 2 aromatic heterocycles. The van der Waals surface area contributed by atoms with Gasteiger partial charge < -0.3 is 10.5 Å². The number of nitrogens with two attached hydrogens (primary N) is 1. The van der Waals surface area contributed by atoms with Gasteiger partial charge in [-0.1, -0.05) is 18.3 Å². The third kappa shape index (κ3) is 2.47. The van der Waals surface area contributed by atoms with E-state index in [-0.39, 0.29) is 0 Å². The van der Waals surface area contributed by atoms with Crippen molar-refractivity contribution in [3.63, 3.8) is 0 Å². The molecule has 0 radical (unpaired) electrons. The molecule has 2 aromatic rings. The Labute approximate surface area is 91.5 Å². The fourth-order valence-electron chi connectivity index (χ4n) is 1.17. The summed E-state index contributed by atoms with van der Waals surface area (Å²) in [4.78, 5) is 4.00. The highest BCUT2D eigenvalue weighted by atomic mass is 32.1. The molecule has 6 heteroatoms. The smallest absolute Gasteiger partial charge is 0.280 e. The third-order valence-electron chi connectivity index (χ3n) is 1.77. The molecule has 0 spiro atoms. The standard InChI is InChI=1S/C9H12N4OS/c1-2-3-13-6-7(4-12-13)14-9-11-5-8(10)15-9/h4-6H,2-3,10H2,1H3. The Balaban J connectivity index is 2.04. The highest BCUT2D eigenvalue weighted by molar-refractivity contribution is 7.17. The minimum atomic E-state index is 0.545. The summed E-state index contributed by atoms with van der Waals surface area (Å²) in [6.45, 7) is 2.99. The van der Waals surface area contributed by atoms with E-state index < -0.39 is 0 Å². The third-order valence-corrected chi connectivity index (χ3v) is 2.47. The molecule has 0 aromatic carbocycles. The van der Waals surface area contributed by atoms with E-state index in [1.165, 1.54) is 11.3 Å². The van der Waals surface area contributed by atoms with Crippen LogP contribution in [0.2, 0.25) is 0 Å². The van der Waals surface area contributed by atoms with Crippen LogP contribution in [-0.4, -0.2) is 14.8 Å². The molecule has 0 aliphatic carbocycles. The average molecular weight is 224 g/mol. The molecule has 0 bridgehead atoms. The van der Waals surface area contributed by atoms with Crippen molar-refractivity contribution in [3.8, 4) is 10.9 Å². The van der Waals surface area contributed by atoms with Crippen LogP contribution < -0.4 is 10.5 Å². The second kappa shape index (κ2) is 4.31. The Morgan fingerprint density at radius 3 is 3.07 bits per heavy atom. The van der Waals surface area contributed by atoms with Gasteiger partial charge in [-0.25, -0.2) is 4.98 Å². The van der Waals surface area contributed by atoms with Crippen LogP contribution in [0, 0.1) is 0 Å². The maximum absolute atomic E-state index is 5.54. The molecular formula is C9H12N4OS. The first-order valence-electron chi connectivity index (χ1n) is 4.69. The van der Waals surface area contributed by atoms with Crippen molar-refractivity contribution in [1.82, 2.24) is 14.8 Å². The van der Waals surface area contributed by atoms with Gasteiger partial charge in [-0.2, -0.15) is 5.10 Å². The second-order valence-corrected chi connectivity index (χ2v) is 4.09. The van der Waals surface area contributed by atoms with E-state index in [0.29, 0.717) is 15.9 Å². The molecule has 2 heterocycles. The van der Waals surface area contributed by atoms with E-state index in [4.69, 9.17) is 10.5 Å². The predicted molar refractivity (Wildman–Crippen MR) is 59.1 cm³/mol. The Hall–Kier alpha value is -1.56. The highest BCUT2D eigenvalue weighted by Gasteiger charge is 2.04. The van der Waals surface area contributed by atoms with Crippen molar-refractivity contribution in [2.75, 3.05) is 5.73 Å². The molecule has 0 fully saturated rings. The molecule has 0 atom stereocenters. The summed E-state index contributed by atoms with van der Waals surface area (Å²) in [5, 5.41) is 5.34. The van der Waals surface area contributed by atoms with Gasteiger partial charge in [-0.3, -0.25) is 4.68 Å². The van der Waals surface area contributed by atoms with Gasteiger partial charge in [-0.15, -0.1) is 0 Å². The highest BCUT2D eigenvalue weighted by Crippen LogP contribution is 2.27. The summed E-state index contributed by atoms with van der Waals surface area (Å²) < 4.78 is 7.31. The molecule has 0 amide bonds. The molecular weight excluding hydrogens is 212 g/mol. The SMILES string of the molecule is CCCn1cc(Oc2ncc(N)s2)cn1. The number of aryl methyl sites for hydroxylation is 1. The molecule has 0 aliphatic heterocycles. The number of aromatic nitrogens is 3. The number of hydrogen-bond donors (Lipinski definition) is 1. The predicted octanol–water partition coefficient (Wildman–Crippen LogP) is 2.12. The van der Waals surface area contributed by atoms with Crippen molar-refractivity contribution in [3.05, 3.63) is 18.6 Å². The van der Waals surface area contributed by atoms with Gasteiger partial charge in [0, 0.05) is 6.54 Å². The lowest BCUT2D eigenvalue weighted by atomic mass is 10.5. The maximum Gasteiger partial charge on any atom is 0.280 e. The van der Waals surface area contributed by atoms with Crippen molar-refractivity contribution >= 4 is 16.3 Å². The Bertz CT molecular complexity index is 437. The molecule has 0 saturated carbocycles. The molecule has 15 heavy (non-hydrogen) atoms. The lowest BCUT2D eigenvalue weighted by Gasteiger charge is -1.96. The summed E-state index contributed by atoms with van der Waals surface area (Å²) in [7, 11) is 0. The quantitative estimate of drug-likeness (QED) is 0.863. The van der Waals surface area contributed by atoms with E-state index in [2.05, 4.69) is 17.0 Å². The van der Waals surface area contributed by atoms with Crippen LogP contribution in [0.25, 0.3) is 0 Å². The van der Waals surface area contributed by atoms with Crippen LogP contribution in [0.4, 0.5) is 5.00 Å². The zero-order valence-corrected chi connectivity index (χ0v) is 9.20. The van der Waals surface area contributed by atoms with Crippen LogP contribution in [-0.2, 0) is 6.54 Å². The van der Waals surface area contributed by atoms with Gasteiger partial charge in [0.15, 0.2) is 5.75 Å². The van der Waals surface area contributed by atoms with Gasteiger partial charge in [0.25, 0.3) is 5.19 Å². The van der Waals surface area contributed by atoms with E-state index in [9.17, 15) is 0 Å². The first kappa shape index (κ1) is 9.97. The number of rotatable bonds is 4. The lowest BCUT2D eigenvalue weighted by Crippen LogP contribution is -1.95. The lowest BCUT2D eigenvalue weighted by molar-refractivity contribution is 0.477. The van der Waals surface area contributed by atoms with Gasteiger partial charge in [0.1, 0.15) is 5.00 Å². The summed E-state index contributed by atoms with van der Waals surface area (Å²) in [6.07, 6.45) is 6.15. The van der Waals surface area contributed by atoms with Crippen LogP contribution in [0.1, 0.15) is 13.3 Å². The second-order valence-electron chi connectivity index (χ2n) is 3.07. The molecule has 0 aliphatic rings. The summed E-state index contributed by atoms with van der Waals surface area (Å²) in [5.41, 5.74) is 5.54. The van der Waals surface area contributed by atoms with E-state index >= 15 is 0 Å². The van der Waals surface area contributed by atoms with Crippen LogP contribution in [0.5, 0.6) is 10.9 Å². The van der Waals surface area contributed by atoms with Crippen LogP contribution >= 0.6 is 11.3 Å². The van der Waals surface area contributed by atoms with E-state index in [1.807, 2.05) is 10.9 Å². The van der Waals surface area contributed by atoms with Gasteiger partial charge in [0.05, 0.1) is 18.6 Å². The Morgan fingerprint density at radius 2 is 2.40 bits per heavy atom. The van der Waals surface area contributed by atoms with E-state index in [1.54, 1.807) is 12.4 Å². The molecule has 0 saturated heterocycles. The number of anilines is 1. The van der Waals surface area contributed by atoms with Crippen LogP contribution in [0.3, 0.4) is 0 Å². The summed E-state index contributed by atoms with van der Waals surface area (Å²) in [6, 6.07) is 0. The first-order valence-corrected chi connectivity index (χ1v) is 5.51. The molecule has 5 nitrogen and oxygen atoms in total. The van der Waals surface area contributed by atoms with Crippen molar-refractivity contribution < 1.29 is 4.74 Å². The Morgan fingerprint density at radius 1 is 1.53 bits per heavy atom. The summed E-state index contributed by atoms with van der Waals surface area (Å²) >= 11 is 1.31. The summed E-state index contributed by atoms with van der Waals surface area (Å²) in [5.74, 6) is 0.692. The number of nitrogen functional groups attached to an aromatic ring is 1. The first-order chi connectivity index (χ1) is 7.28. The van der Waals surface area contributed by atoms with Crippen molar-refractivity contribution in [2.45, 2.75) is 19.9 Å². The molecule has 0 unspecified atom stereocenters. The minimum Gasteiger partial charge on any atom is -0.427 e. The fraction of sp³-hybridized carbons (Fsp3) is 0.333. The topological polar surface area (TPSA) is 66.0 Å². The average Bonchev–Trinajstić information content (AvgIpc) is 2.78. The number of nitrogens with zero attached hydrogens (tertiary/aromatic N) is 3. The van der Waals surface area contributed by atoms with E-state index in [0.717, 1.165) is 13.0 Å². The largest absolute Gasteiger partial charge is 0.427 e. The maximum atomic E-state index is 5.54. The number of thiazole rings is 1. The number of ether oxygens (including phenoxy) is 1. The minimum absolute atomic E-state index is 0.545. The van der Waals surface area contributed by atoms with Crippen molar-refractivity contribution in [2.24, 2.45) is 0 Å². The molecule has 80 valence electrons. The zero-order chi connectivity index (χ0) is 10.7. The van der Waals surface area contributed by atoms with Gasteiger partial charge in [0.2, 0.25) is 0 Å². The monoisotopic (exact) mass is 224 g/mol. The normalized spacial score (nSPS) is 10.5.